The lowest BCUT2D eigenvalue weighted by Crippen LogP contribution is -2.41. The molecule has 1 fully saturated rings. The van der Waals surface area contributed by atoms with Crippen LogP contribution in [0.2, 0.25) is 5.02 Å². The lowest BCUT2D eigenvalue weighted by atomic mass is 9.98. The third-order valence-corrected chi connectivity index (χ3v) is 4.90. The Morgan fingerprint density at radius 3 is 2.95 bits per heavy atom. The molecule has 0 unspecified atom stereocenters. The molecule has 102 valence electrons. The molecule has 1 aromatic carbocycles. The molecule has 0 bridgehead atoms. The van der Waals surface area contributed by atoms with Gasteiger partial charge in [0, 0.05) is 41.3 Å². The molecule has 2 heterocycles. The van der Waals surface area contributed by atoms with Crippen LogP contribution in [0.15, 0.2) is 23.1 Å². The molecule has 1 amide bonds. The van der Waals surface area contributed by atoms with Crippen LogP contribution in [-0.2, 0) is 9.53 Å². The molecule has 0 radical (unpaired) electrons. The van der Waals surface area contributed by atoms with E-state index >= 15 is 0 Å². The van der Waals surface area contributed by atoms with Gasteiger partial charge in [0.05, 0.1) is 5.69 Å². The number of thioether (sulfide) groups is 1. The van der Waals surface area contributed by atoms with Gasteiger partial charge in [0.25, 0.3) is 0 Å². The van der Waals surface area contributed by atoms with Crippen molar-refractivity contribution in [2.45, 2.75) is 17.7 Å². The Balaban J connectivity index is 1.86. The highest BCUT2D eigenvalue weighted by Gasteiger charge is 2.30. The Labute approximate surface area is 122 Å². The monoisotopic (exact) mass is 297 g/mol. The van der Waals surface area contributed by atoms with E-state index in [0.717, 1.165) is 35.7 Å². The Bertz CT molecular complexity index is 488. The van der Waals surface area contributed by atoms with Crippen molar-refractivity contribution in [3.05, 3.63) is 23.2 Å². The third kappa shape index (κ3) is 2.76. The number of halogens is 1. The van der Waals surface area contributed by atoms with Gasteiger partial charge < -0.3 is 9.64 Å². The normalized spacial score (nSPS) is 20.2. The van der Waals surface area contributed by atoms with Gasteiger partial charge in [-0.15, -0.1) is 11.8 Å². The maximum absolute atomic E-state index is 12.6. The van der Waals surface area contributed by atoms with E-state index in [4.69, 9.17) is 16.3 Å². The molecule has 0 saturated carbocycles. The quantitative estimate of drug-likeness (QED) is 0.797. The molecule has 0 spiro atoms. The van der Waals surface area contributed by atoms with Gasteiger partial charge in [0.15, 0.2) is 0 Å². The summed E-state index contributed by atoms with van der Waals surface area (Å²) < 4.78 is 5.33. The summed E-state index contributed by atoms with van der Waals surface area (Å²) in [5.74, 6) is 1.28. The second-order valence-corrected chi connectivity index (χ2v) is 6.41. The van der Waals surface area contributed by atoms with Gasteiger partial charge in [-0.3, -0.25) is 4.79 Å². The molecular weight excluding hydrogens is 282 g/mol. The minimum absolute atomic E-state index is 0.101. The highest BCUT2D eigenvalue weighted by Crippen LogP contribution is 2.37. The Morgan fingerprint density at radius 1 is 1.37 bits per heavy atom. The van der Waals surface area contributed by atoms with Crippen molar-refractivity contribution in [3.8, 4) is 0 Å². The van der Waals surface area contributed by atoms with E-state index in [0.29, 0.717) is 18.2 Å². The smallest absolute Gasteiger partial charge is 0.230 e. The highest BCUT2D eigenvalue weighted by atomic mass is 35.5. The fourth-order valence-electron chi connectivity index (χ4n) is 2.58. The molecule has 2 aliphatic rings. The molecule has 1 saturated heterocycles. The van der Waals surface area contributed by atoms with Crippen molar-refractivity contribution in [2.24, 2.45) is 5.92 Å². The standard InChI is InChI=1S/C14H16ClNO2S/c15-11-1-2-13-12(9-11)16(5-8-19-13)14(17)10-3-6-18-7-4-10/h1-2,9-10H,3-8H2. The fourth-order valence-corrected chi connectivity index (χ4v) is 3.73. The summed E-state index contributed by atoms with van der Waals surface area (Å²) in [6, 6.07) is 5.79. The summed E-state index contributed by atoms with van der Waals surface area (Å²) in [6.45, 7) is 2.16. The maximum atomic E-state index is 12.6. The number of hydrogen-bond acceptors (Lipinski definition) is 3. The van der Waals surface area contributed by atoms with Crippen molar-refractivity contribution in [3.63, 3.8) is 0 Å². The second kappa shape index (κ2) is 5.73. The lowest BCUT2D eigenvalue weighted by Gasteiger charge is -2.33. The van der Waals surface area contributed by atoms with Gasteiger partial charge in [-0.25, -0.2) is 0 Å². The van der Waals surface area contributed by atoms with Gasteiger partial charge >= 0.3 is 0 Å². The number of ether oxygens (including phenoxy) is 1. The minimum Gasteiger partial charge on any atom is -0.381 e. The summed E-state index contributed by atoms with van der Waals surface area (Å²) in [5.41, 5.74) is 0.972. The van der Waals surface area contributed by atoms with E-state index < -0.39 is 0 Å². The lowest BCUT2D eigenvalue weighted by molar-refractivity contribution is -0.125. The van der Waals surface area contributed by atoms with E-state index in [1.807, 2.05) is 23.1 Å². The van der Waals surface area contributed by atoms with E-state index in [1.54, 1.807) is 11.8 Å². The Kier molecular flexibility index (Phi) is 4.01. The van der Waals surface area contributed by atoms with Gasteiger partial charge in [0.2, 0.25) is 5.91 Å². The molecule has 0 N–H and O–H groups in total. The average Bonchev–Trinajstić information content (AvgIpc) is 2.47. The largest absolute Gasteiger partial charge is 0.381 e. The number of benzene rings is 1. The van der Waals surface area contributed by atoms with Gasteiger partial charge in [-0.05, 0) is 31.0 Å². The van der Waals surface area contributed by atoms with E-state index in [1.165, 1.54) is 0 Å². The molecule has 3 nitrogen and oxygen atoms in total. The number of anilines is 1. The van der Waals surface area contributed by atoms with Crippen molar-refractivity contribution < 1.29 is 9.53 Å². The Hall–Kier alpha value is -0.710. The SMILES string of the molecule is O=C(C1CCOCC1)N1CCSc2ccc(Cl)cc21. The number of carbonyl (C=O) groups is 1. The second-order valence-electron chi connectivity index (χ2n) is 4.84. The molecule has 0 aliphatic carbocycles. The number of nitrogens with zero attached hydrogens (tertiary/aromatic N) is 1. The summed E-state index contributed by atoms with van der Waals surface area (Å²) >= 11 is 7.85. The number of carbonyl (C=O) groups excluding carboxylic acids is 1. The highest BCUT2D eigenvalue weighted by molar-refractivity contribution is 7.99. The van der Waals surface area contributed by atoms with Crippen molar-refractivity contribution in [1.82, 2.24) is 0 Å². The van der Waals surface area contributed by atoms with Crippen molar-refractivity contribution in [2.75, 3.05) is 30.4 Å². The topological polar surface area (TPSA) is 29.5 Å². The molecule has 2 aliphatic heterocycles. The van der Waals surface area contributed by atoms with Crippen LogP contribution in [0.3, 0.4) is 0 Å². The first-order chi connectivity index (χ1) is 9.25. The fraction of sp³-hybridized carbons (Fsp3) is 0.500. The molecule has 0 atom stereocenters. The number of rotatable bonds is 1. The third-order valence-electron chi connectivity index (χ3n) is 3.62. The molecule has 3 rings (SSSR count). The summed E-state index contributed by atoms with van der Waals surface area (Å²) in [6.07, 6.45) is 1.66. The van der Waals surface area contributed by atoms with Crippen LogP contribution in [0, 0.1) is 5.92 Å². The average molecular weight is 298 g/mol. The van der Waals surface area contributed by atoms with E-state index in [2.05, 4.69) is 0 Å². The van der Waals surface area contributed by atoms with Crippen LogP contribution < -0.4 is 4.90 Å². The molecule has 19 heavy (non-hydrogen) atoms. The minimum atomic E-state index is 0.101. The van der Waals surface area contributed by atoms with E-state index in [9.17, 15) is 4.79 Å². The molecular formula is C14H16ClNO2S. The zero-order chi connectivity index (χ0) is 13.2. The van der Waals surface area contributed by atoms with Crippen LogP contribution in [0.25, 0.3) is 0 Å². The van der Waals surface area contributed by atoms with Crippen LogP contribution in [0.1, 0.15) is 12.8 Å². The molecule has 0 aromatic heterocycles. The number of amides is 1. The number of hydrogen-bond donors (Lipinski definition) is 0. The van der Waals surface area contributed by atoms with Crippen molar-refractivity contribution in [1.29, 1.82) is 0 Å². The first kappa shape index (κ1) is 13.3. The zero-order valence-electron chi connectivity index (χ0n) is 10.6. The summed E-state index contributed by atoms with van der Waals surface area (Å²) in [5, 5.41) is 0.686. The first-order valence-electron chi connectivity index (χ1n) is 6.57. The molecule has 5 heteroatoms. The van der Waals surface area contributed by atoms with Crippen LogP contribution >= 0.6 is 23.4 Å². The predicted octanol–water partition coefficient (Wildman–Crippen LogP) is 3.21. The van der Waals surface area contributed by atoms with Crippen LogP contribution in [-0.4, -0.2) is 31.4 Å². The summed E-state index contributed by atoms with van der Waals surface area (Å²) in [7, 11) is 0. The molecule has 1 aromatic rings. The Morgan fingerprint density at radius 2 is 2.16 bits per heavy atom. The maximum Gasteiger partial charge on any atom is 0.230 e. The van der Waals surface area contributed by atoms with Crippen LogP contribution in [0.4, 0.5) is 5.69 Å². The van der Waals surface area contributed by atoms with Gasteiger partial charge in [0.1, 0.15) is 0 Å². The summed E-state index contributed by atoms with van der Waals surface area (Å²) in [4.78, 5) is 15.7. The zero-order valence-corrected chi connectivity index (χ0v) is 12.2. The van der Waals surface area contributed by atoms with Crippen molar-refractivity contribution >= 4 is 35.0 Å². The number of fused-ring (bicyclic) bond motifs is 1. The van der Waals surface area contributed by atoms with Gasteiger partial charge in [-0.1, -0.05) is 11.6 Å². The van der Waals surface area contributed by atoms with E-state index in [-0.39, 0.29) is 11.8 Å². The predicted molar refractivity (Wildman–Crippen MR) is 78.1 cm³/mol. The van der Waals surface area contributed by atoms with Crippen LogP contribution in [0.5, 0.6) is 0 Å². The first-order valence-corrected chi connectivity index (χ1v) is 7.93. The van der Waals surface area contributed by atoms with Gasteiger partial charge in [-0.2, -0.15) is 0 Å².